The fourth-order valence-electron chi connectivity index (χ4n) is 3.83. The number of nitrogens with one attached hydrogen (secondary N) is 1. The van der Waals surface area contributed by atoms with Crippen molar-refractivity contribution >= 4 is 22.0 Å². The van der Waals surface area contributed by atoms with Crippen LogP contribution < -0.4 is 9.80 Å². The number of nitrogens with zero attached hydrogens (tertiary/aromatic N) is 4. The summed E-state index contributed by atoms with van der Waals surface area (Å²) in [5, 5.41) is 14.8. The number of hydrogen-bond donors (Lipinski definition) is 2. The zero-order valence-electron chi connectivity index (χ0n) is 14.7. The molecule has 4 aromatic rings. The summed E-state index contributed by atoms with van der Waals surface area (Å²) in [5.41, 5.74) is 1.26. The quantitative estimate of drug-likeness (QED) is 0.561. The zero-order valence-corrected chi connectivity index (χ0v) is 15.5. The van der Waals surface area contributed by atoms with Crippen molar-refractivity contribution in [3.63, 3.8) is 0 Å². The second-order valence-electron chi connectivity index (χ2n) is 6.67. The van der Waals surface area contributed by atoms with E-state index in [2.05, 4.69) is 39.2 Å². The normalized spacial score (nSPS) is 16.8. The van der Waals surface area contributed by atoms with Crippen LogP contribution in [-0.4, -0.2) is 45.9 Å². The predicted octanol–water partition coefficient (Wildman–Crippen LogP) is 1.58. The highest BCUT2D eigenvalue weighted by molar-refractivity contribution is 7.17. The van der Waals surface area contributed by atoms with Crippen molar-refractivity contribution in [3.05, 3.63) is 65.7 Å². The molecule has 0 radical (unpaired) electrons. The molecule has 8 heteroatoms. The van der Waals surface area contributed by atoms with E-state index >= 15 is 0 Å². The van der Waals surface area contributed by atoms with Gasteiger partial charge in [-0.1, -0.05) is 29.5 Å². The van der Waals surface area contributed by atoms with Gasteiger partial charge in [0.15, 0.2) is 11.8 Å². The molecule has 4 heterocycles. The van der Waals surface area contributed by atoms with Crippen molar-refractivity contribution < 1.29 is 14.4 Å². The lowest BCUT2D eigenvalue weighted by Crippen LogP contribution is -3.15. The summed E-state index contributed by atoms with van der Waals surface area (Å²) in [6, 6.07) is 14.3. The molecule has 7 nitrogen and oxygen atoms in total. The van der Waals surface area contributed by atoms with Gasteiger partial charge in [-0.25, -0.2) is 4.98 Å². The molecular formula is C19H20N5O2S+. The van der Waals surface area contributed by atoms with Crippen LogP contribution in [-0.2, 0) is 0 Å². The number of thiazole rings is 1. The fraction of sp³-hybridized carbons (Fsp3) is 0.263. The maximum absolute atomic E-state index is 10.7. The van der Waals surface area contributed by atoms with Gasteiger partial charge in [-0.05, 0) is 24.3 Å². The van der Waals surface area contributed by atoms with Crippen molar-refractivity contribution in [3.8, 4) is 5.88 Å². The third kappa shape index (κ3) is 2.87. The molecule has 1 saturated heterocycles. The molecule has 1 atom stereocenters. The average Bonchev–Trinajstić information content (AvgIpc) is 3.45. The number of aromatic nitrogens is 3. The SMILES string of the molecule is Oc1c([C@H](c2ccco2)[NH+]2CCN(c3ccccc3)CC2)sc2ncnn12. The summed E-state index contributed by atoms with van der Waals surface area (Å²) in [4.78, 5) is 9.55. The Morgan fingerprint density at radius 2 is 1.93 bits per heavy atom. The molecule has 1 aliphatic heterocycles. The van der Waals surface area contributed by atoms with Crippen LogP contribution in [0.3, 0.4) is 0 Å². The van der Waals surface area contributed by atoms with Crippen LogP contribution in [0.5, 0.6) is 5.88 Å². The summed E-state index contributed by atoms with van der Waals surface area (Å²) in [6.45, 7) is 3.82. The first-order valence-corrected chi connectivity index (χ1v) is 9.82. The van der Waals surface area contributed by atoms with Gasteiger partial charge in [0, 0.05) is 5.69 Å². The summed E-state index contributed by atoms with van der Waals surface area (Å²) < 4.78 is 7.25. The van der Waals surface area contributed by atoms with Crippen LogP contribution in [0.1, 0.15) is 16.7 Å². The Kier molecular flexibility index (Phi) is 4.06. The summed E-state index contributed by atoms with van der Waals surface area (Å²) in [5.74, 6) is 1.02. The summed E-state index contributed by atoms with van der Waals surface area (Å²) >= 11 is 1.47. The van der Waals surface area contributed by atoms with Crippen molar-refractivity contribution in [2.45, 2.75) is 6.04 Å². The minimum Gasteiger partial charge on any atom is -0.492 e. The number of benzene rings is 1. The number of para-hydroxylation sites is 1. The molecule has 0 aliphatic carbocycles. The largest absolute Gasteiger partial charge is 0.492 e. The van der Waals surface area contributed by atoms with E-state index in [-0.39, 0.29) is 11.9 Å². The summed E-state index contributed by atoms with van der Waals surface area (Å²) in [6.07, 6.45) is 3.15. The standard InChI is InChI=1S/C19H19N5O2S/c25-18-17(27-19-20-13-21-24(18)19)16(15-7-4-12-26-15)23-10-8-22(9-11-23)14-5-2-1-3-6-14/h1-7,12-13,16,25H,8-11H2/p+1/t16-/m0/s1. The van der Waals surface area contributed by atoms with Gasteiger partial charge in [0.05, 0.1) is 32.4 Å². The Hall–Kier alpha value is -2.84. The van der Waals surface area contributed by atoms with Crippen molar-refractivity contribution in [1.82, 2.24) is 14.6 Å². The second kappa shape index (κ2) is 6.71. The highest BCUT2D eigenvalue weighted by atomic mass is 32.1. The minimum absolute atomic E-state index is 0.0635. The number of rotatable bonds is 4. The van der Waals surface area contributed by atoms with Crippen LogP contribution in [0.25, 0.3) is 4.96 Å². The third-order valence-corrected chi connectivity index (χ3v) is 6.26. The molecule has 0 amide bonds. The maximum atomic E-state index is 10.7. The number of hydrogen-bond acceptors (Lipinski definition) is 6. The monoisotopic (exact) mass is 382 g/mol. The van der Waals surface area contributed by atoms with E-state index in [0.29, 0.717) is 4.96 Å². The van der Waals surface area contributed by atoms with Crippen LogP contribution in [0.15, 0.2) is 59.5 Å². The molecule has 27 heavy (non-hydrogen) atoms. The van der Waals surface area contributed by atoms with E-state index in [4.69, 9.17) is 4.42 Å². The molecule has 2 N–H and O–H groups in total. The first kappa shape index (κ1) is 16.3. The van der Waals surface area contributed by atoms with E-state index in [1.54, 1.807) is 6.26 Å². The molecule has 0 unspecified atom stereocenters. The average molecular weight is 382 g/mol. The Bertz CT molecular complexity index is 1020. The maximum Gasteiger partial charge on any atom is 0.235 e. The van der Waals surface area contributed by atoms with Gasteiger partial charge in [-0.2, -0.15) is 9.61 Å². The minimum atomic E-state index is -0.0635. The molecule has 1 aliphatic rings. The van der Waals surface area contributed by atoms with Crippen LogP contribution in [0.2, 0.25) is 0 Å². The molecule has 5 rings (SSSR count). The van der Waals surface area contributed by atoms with Gasteiger partial charge in [-0.15, -0.1) is 0 Å². The number of aromatic hydroxyl groups is 1. The molecule has 0 bridgehead atoms. The zero-order chi connectivity index (χ0) is 18.2. The third-order valence-electron chi connectivity index (χ3n) is 5.16. The molecule has 138 valence electrons. The highest BCUT2D eigenvalue weighted by Gasteiger charge is 2.36. The molecule has 3 aromatic heterocycles. The summed E-state index contributed by atoms with van der Waals surface area (Å²) in [7, 11) is 0. The Balaban J connectivity index is 1.44. The molecule has 0 saturated carbocycles. The Morgan fingerprint density at radius 1 is 1.11 bits per heavy atom. The predicted molar refractivity (Wildman–Crippen MR) is 102 cm³/mol. The van der Waals surface area contributed by atoms with Gasteiger partial charge in [0.2, 0.25) is 10.8 Å². The number of anilines is 1. The number of fused-ring (bicyclic) bond motifs is 1. The molecule has 1 aromatic carbocycles. The lowest BCUT2D eigenvalue weighted by Gasteiger charge is -2.36. The Labute approximate surface area is 160 Å². The van der Waals surface area contributed by atoms with Crippen molar-refractivity contribution in [1.29, 1.82) is 0 Å². The molecule has 1 fully saturated rings. The Morgan fingerprint density at radius 3 is 2.63 bits per heavy atom. The topological polar surface area (TPSA) is 71.2 Å². The lowest BCUT2D eigenvalue weighted by molar-refractivity contribution is -0.926. The van der Waals surface area contributed by atoms with E-state index < -0.39 is 0 Å². The molecular weight excluding hydrogens is 362 g/mol. The number of quaternary nitrogens is 1. The van der Waals surface area contributed by atoms with Gasteiger partial charge >= 0.3 is 0 Å². The van der Waals surface area contributed by atoms with Gasteiger partial charge in [0.25, 0.3) is 0 Å². The van der Waals surface area contributed by atoms with Gasteiger partial charge < -0.3 is 19.3 Å². The second-order valence-corrected chi connectivity index (χ2v) is 7.68. The van der Waals surface area contributed by atoms with E-state index in [1.165, 1.54) is 32.8 Å². The fourth-order valence-corrected chi connectivity index (χ4v) is 4.93. The van der Waals surface area contributed by atoms with Gasteiger partial charge in [0.1, 0.15) is 11.2 Å². The van der Waals surface area contributed by atoms with E-state index in [0.717, 1.165) is 36.8 Å². The van der Waals surface area contributed by atoms with E-state index in [9.17, 15) is 5.11 Å². The first-order chi connectivity index (χ1) is 13.3. The van der Waals surface area contributed by atoms with Crippen LogP contribution >= 0.6 is 11.3 Å². The van der Waals surface area contributed by atoms with Crippen molar-refractivity contribution in [2.24, 2.45) is 0 Å². The highest BCUT2D eigenvalue weighted by Crippen LogP contribution is 2.34. The van der Waals surface area contributed by atoms with E-state index in [1.807, 2.05) is 18.2 Å². The van der Waals surface area contributed by atoms with Gasteiger partial charge in [-0.3, -0.25) is 0 Å². The number of furan rings is 1. The van der Waals surface area contributed by atoms with Crippen molar-refractivity contribution in [2.75, 3.05) is 31.1 Å². The smallest absolute Gasteiger partial charge is 0.235 e. The van der Waals surface area contributed by atoms with Crippen LogP contribution in [0, 0.1) is 0 Å². The first-order valence-electron chi connectivity index (χ1n) is 9.00. The molecule has 0 spiro atoms. The van der Waals surface area contributed by atoms with Crippen LogP contribution in [0.4, 0.5) is 5.69 Å². The lowest BCUT2D eigenvalue weighted by atomic mass is 10.1. The number of piperazine rings is 1.